The standard InChI is InChI=1S/C20H21N/c1-15-9-4-6-11-17(15)19-13-8-14-20(3,21-19)18-12-7-5-10-16(18)2/h4-14,21H,1-3H3. The van der Waals surface area contributed by atoms with Gasteiger partial charge in [0.1, 0.15) is 0 Å². The zero-order valence-electron chi connectivity index (χ0n) is 12.9. The van der Waals surface area contributed by atoms with Crippen LogP contribution >= 0.6 is 0 Å². The van der Waals surface area contributed by atoms with Crippen molar-refractivity contribution in [1.82, 2.24) is 5.32 Å². The van der Waals surface area contributed by atoms with Crippen LogP contribution < -0.4 is 5.32 Å². The first-order valence-electron chi connectivity index (χ1n) is 7.40. The SMILES string of the molecule is Cc1ccccc1C1=CC=CC(C)(c2ccccc2C)N1. The van der Waals surface area contributed by atoms with Crippen LogP contribution in [0.1, 0.15) is 29.2 Å². The molecule has 0 radical (unpaired) electrons. The zero-order valence-corrected chi connectivity index (χ0v) is 12.9. The quantitative estimate of drug-likeness (QED) is 0.836. The first-order chi connectivity index (χ1) is 10.1. The van der Waals surface area contributed by atoms with Crippen molar-refractivity contribution < 1.29 is 0 Å². The van der Waals surface area contributed by atoms with Crippen molar-refractivity contribution in [2.75, 3.05) is 0 Å². The van der Waals surface area contributed by atoms with Gasteiger partial charge in [-0.3, -0.25) is 0 Å². The highest BCUT2D eigenvalue weighted by Crippen LogP contribution is 2.32. The minimum absolute atomic E-state index is 0.169. The van der Waals surface area contributed by atoms with E-state index < -0.39 is 0 Å². The Morgan fingerprint density at radius 1 is 0.857 bits per heavy atom. The van der Waals surface area contributed by atoms with Crippen LogP contribution in [0.5, 0.6) is 0 Å². The van der Waals surface area contributed by atoms with Gasteiger partial charge in [-0.1, -0.05) is 60.7 Å². The van der Waals surface area contributed by atoms with Crippen LogP contribution in [0.4, 0.5) is 0 Å². The fourth-order valence-electron chi connectivity index (χ4n) is 3.04. The zero-order chi connectivity index (χ0) is 14.9. The molecule has 0 aromatic heterocycles. The Kier molecular flexibility index (Phi) is 3.42. The van der Waals surface area contributed by atoms with E-state index in [9.17, 15) is 0 Å². The largest absolute Gasteiger partial charge is 0.372 e. The van der Waals surface area contributed by atoms with E-state index in [-0.39, 0.29) is 5.54 Å². The van der Waals surface area contributed by atoms with Gasteiger partial charge in [0.25, 0.3) is 0 Å². The van der Waals surface area contributed by atoms with Gasteiger partial charge in [-0.05, 0) is 43.5 Å². The number of nitrogens with one attached hydrogen (secondary N) is 1. The maximum Gasteiger partial charge on any atom is 0.0787 e. The van der Waals surface area contributed by atoms with E-state index in [0.717, 1.165) is 0 Å². The van der Waals surface area contributed by atoms with Crippen molar-refractivity contribution >= 4 is 5.70 Å². The number of rotatable bonds is 2. The van der Waals surface area contributed by atoms with Crippen LogP contribution in [0.3, 0.4) is 0 Å². The normalized spacial score (nSPS) is 20.8. The summed E-state index contributed by atoms with van der Waals surface area (Å²) in [6, 6.07) is 17.1. The van der Waals surface area contributed by atoms with Gasteiger partial charge in [0.15, 0.2) is 0 Å². The molecular weight excluding hydrogens is 254 g/mol. The predicted octanol–water partition coefficient (Wildman–Crippen LogP) is 4.72. The van der Waals surface area contributed by atoms with Gasteiger partial charge >= 0.3 is 0 Å². The summed E-state index contributed by atoms with van der Waals surface area (Å²) in [5.41, 5.74) is 6.20. The molecule has 1 heteroatoms. The third-order valence-corrected chi connectivity index (χ3v) is 4.23. The summed E-state index contributed by atoms with van der Waals surface area (Å²) in [6.45, 7) is 6.56. The molecule has 2 aromatic carbocycles. The van der Waals surface area contributed by atoms with Crippen LogP contribution in [-0.2, 0) is 5.54 Å². The van der Waals surface area contributed by atoms with Gasteiger partial charge in [-0.25, -0.2) is 0 Å². The maximum absolute atomic E-state index is 3.72. The number of allylic oxidation sites excluding steroid dienone is 2. The van der Waals surface area contributed by atoms with E-state index in [0.29, 0.717) is 0 Å². The van der Waals surface area contributed by atoms with E-state index >= 15 is 0 Å². The van der Waals surface area contributed by atoms with E-state index in [1.165, 1.54) is 28.0 Å². The summed E-state index contributed by atoms with van der Waals surface area (Å²) in [4.78, 5) is 0. The Bertz CT molecular complexity index is 724. The number of hydrogen-bond acceptors (Lipinski definition) is 1. The molecule has 0 fully saturated rings. The lowest BCUT2D eigenvalue weighted by Crippen LogP contribution is -2.38. The van der Waals surface area contributed by atoms with E-state index in [2.05, 4.69) is 92.8 Å². The smallest absolute Gasteiger partial charge is 0.0787 e. The molecule has 2 aromatic rings. The molecule has 1 unspecified atom stereocenters. The summed E-state index contributed by atoms with van der Waals surface area (Å²) >= 11 is 0. The highest BCUT2D eigenvalue weighted by atomic mass is 15.0. The Morgan fingerprint density at radius 3 is 2.24 bits per heavy atom. The monoisotopic (exact) mass is 275 g/mol. The number of aryl methyl sites for hydroxylation is 2. The Hall–Kier alpha value is -2.28. The second kappa shape index (κ2) is 5.25. The molecule has 3 rings (SSSR count). The predicted molar refractivity (Wildman–Crippen MR) is 90.0 cm³/mol. The van der Waals surface area contributed by atoms with Gasteiger partial charge in [-0.15, -0.1) is 0 Å². The topological polar surface area (TPSA) is 12.0 Å². The minimum Gasteiger partial charge on any atom is -0.372 e. The van der Waals surface area contributed by atoms with Crippen LogP contribution in [0, 0.1) is 13.8 Å². The van der Waals surface area contributed by atoms with Crippen molar-refractivity contribution in [3.63, 3.8) is 0 Å². The molecule has 1 atom stereocenters. The van der Waals surface area contributed by atoms with Crippen LogP contribution in [0.25, 0.3) is 5.70 Å². The fourth-order valence-corrected chi connectivity index (χ4v) is 3.04. The summed E-state index contributed by atoms with van der Waals surface area (Å²) in [5, 5.41) is 3.72. The Labute approximate surface area is 127 Å². The molecule has 1 nitrogen and oxygen atoms in total. The highest BCUT2D eigenvalue weighted by molar-refractivity contribution is 5.70. The van der Waals surface area contributed by atoms with E-state index in [4.69, 9.17) is 0 Å². The molecule has 0 saturated carbocycles. The molecule has 0 saturated heterocycles. The summed E-state index contributed by atoms with van der Waals surface area (Å²) in [5.74, 6) is 0. The Morgan fingerprint density at radius 2 is 1.52 bits per heavy atom. The van der Waals surface area contributed by atoms with E-state index in [1.807, 2.05) is 0 Å². The van der Waals surface area contributed by atoms with Crippen molar-refractivity contribution in [2.45, 2.75) is 26.3 Å². The summed E-state index contributed by atoms with van der Waals surface area (Å²) < 4.78 is 0. The number of hydrogen-bond donors (Lipinski definition) is 1. The Balaban J connectivity index is 2.00. The molecule has 1 aliphatic rings. The molecule has 1 N–H and O–H groups in total. The van der Waals surface area contributed by atoms with Gasteiger partial charge < -0.3 is 5.32 Å². The molecule has 0 bridgehead atoms. The lowest BCUT2D eigenvalue weighted by molar-refractivity contribution is 0.532. The molecule has 0 aliphatic carbocycles. The summed E-state index contributed by atoms with van der Waals surface area (Å²) in [7, 11) is 0. The van der Waals surface area contributed by atoms with Gasteiger partial charge in [0.05, 0.1) is 5.54 Å². The van der Waals surface area contributed by atoms with E-state index in [1.54, 1.807) is 0 Å². The highest BCUT2D eigenvalue weighted by Gasteiger charge is 2.27. The lowest BCUT2D eigenvalue weighted by atomic mass is 9.85. The minimum atomic E-state index is -0.169. The van der Waals surface area contributed by atoms with Crippen molar-refractivity contribution in [3.8, 4) is 0 Å². The third kappa shape index (κ3) is 2.52. The molecular formula is C20H21N. The third-order valence-electron chi connectivity index (χ3n) is 4.23. The molecule has 1 aliphatic heterocycles. The maximum atomic E-state index is 3.72. The molecule has 0 spiro atoms. The summed E-state index contributed by atoms with van der Waals surface area (Å²) in [6.07, 6.45) is 6.55. The molecule has 0 amide bonds. The first kappa shape index (κ1) is 13.7. The average Bonchev–Trinajstić information content (AvgIpc) is 2.48. The van der Waals surface area contributed by atoms with Gasteiger partial charge in [0.2, 0.25) is 0 Å². The fraction of sp³-hybridized carbons (Fsp3) is 0.200. The second-order valence-corrected chi connectivity index (χ2v) is 5.90. The van der Waals surface area contributed by atoms with Crippen LogP contribution in [0.15, 0.2) is 66.8 Å². The van der Waals surface area contributed by atoms with Crippen molar-refractivity contribution in [1.29, 1.82) is 0 Å². The second-order valence-electron chi connectivity index (χ2n) is 5.90. The lowest BCUT2D eigenvalue weighted by Gasteiger charge is -2.34. The molecule has 1 heterocycles. The van der Waals surface area contributed by atoms with Gasteiger partial charge in [0, 0.05) is 11.3 Å². The van der Waals surface area contributed by atoms with Crippen LogP contribution in [-0.4, -0.2) is 0 Å². The molecule has 106 valence electrons. The van der Waals surface area contributed by atoms with Crippen LogP contribution in [0.2, 0.25) is 0 Å². The van der Waals surface area contributed by atoms with Crippen molar-refractivity contribution in [3.05, 3.63) is 89.0 Å². The number of dihydropyridines is 1. The average molecular weight is 275 g/mol. The number of benzene rings is 2. The van der Waals surface area contributed by atoms with Crippen molar-refractivity contribution in [2.24, 2.45) is 0 Å². The van der Waals surface area contributed by atoms with Gasteiger partial charge in [-0.2, -0.15) is 0 Å². The first-order valence-corrected chi connectivity index (χ1v) is 7.40. The molecule has 21 heavy (non-hydrogen) atoms.